The standard InChI is InChI=1S/C20H20N4O2/c25-18(12-15-6-2-1-3-7-15)16-8-4-10-23(14-16)20(26)17-13-22-24-11-5-9-21-19(17)24/h1-3,5-7,9,11,13,16H,4,8,10,12,14H2/t16-/m1/s1. The highest BCUT2D eigenvalue weighted by Crippen LogP contribution is 2.22. The van der Waals surface area contributed by atoms with Crippen LogP contribution in [0.25, 0.3) is 5.65 Å². The molecule has 0 saturated carbocycles. The fraction of sp³-hybridized carbons (Fsp3) is 0.300. The van der Waals surface area contributed by atoms with E-state index in [1.54, 1.807) is 34.1 Å². The SMILES string of the molecule is O=C(Cc1ccccc1)[C@@H]1CCCN(C(=O)c2cnn3cccnc23)C1. The number of hydrogen-bond donors (Lipinski definition) is 0. The van der Waals surface area contributed by atoms with Gasteiger partial charge in [-0.25, -0.2) is 9.50 Å². The molecule has 1 aromatic carbocycles. The second kappa shape index (κ2) is 7.07. The summed E-state index contributed by atoms with van der Waals surface area (Å²) in [5.41, 5.74) is 2.06. The highest BCUT2D eigenvalue weighted by molar-refractivity contribution is 6.00. The van der Waals surface area contributed by atoms with Crippen LogP contribution in [0, 0.1) is 5.92 Å². The Hall–Kier alpha value is -3.02. The van der Waals surface area contributed by atoms with Gasteiger partial charge >= 0.3 is 0 Å². The average molecular weight is 348 g/mol. The first-order valence-electron chi connectivity index (χ1n) is 8.86. The predicted molar refractivity (Wildman–Crippen MR) is 96.8 cm³/mol. The molecule has 0 unspecified atom stereocenters. The Balaban J connectivity index is 1.48. The van der Waals surface area contributed by atoms with Crippen molar-refractivity contribution in [2.75, 3.05) is 13.1 Å². The van der Waals surface area contributed by atoms with Crippen molar-refractivity contribution in [1.29, 1.82) is 0 Å². The Bertz CT molecular complexity index is 935. The molecule has 1 fully saturated rings. The summed E-state index contributed by atoms with van der Waals surface area (Å²) >= 11 is 0. The summed E-state index contributed by atoms with van der Waals surface area (Å²) < 4.78 is 1.59. The van der Waals surface area contributed by atoms with Crippen LogP contribution >= 0.6 is 0 Å². The first-order valence-corrected chi connectivity index (χ1v) is 8.86. The third-order valence-electron chi connectivity index (χ3n) is 4.89. The van der Waals surface area contributed by atoms with E-state index < -0.39 is 0 Å². The fourth-order valence-corrected chi connectivity index (χ4v) is 3.51. The zero-order valence-electron chi connectivity index (χ0n) is 14.4. The number of piperidine rings is 1. The van der Waals surface area contributed by atoms with Gasteiger partial charge in [0, 0.05) is 37.8 Å². The molecule has 0 N–H and O–H groups in total. The van der Waals surface area contributed by atoms with Gasteiger partial charge in [-0.2, -0.15) is 5.10 Å². The minimum absolute atomic E-state index is 0.101. The van der Waals surface area contributed by atoms with Gasteiger partial charge in [0.2, 0.25) is 0 Å². The monoisotopic (exact) mass is 348 g/mol. The van der Waals surface area contributed by atoms with Crippen LogP contribution in [0.15, 0.2) is 55.0 Å². The van der Waals surface area contributed by atoms with E-state index in [1.165, 1.54) is 0 Å². The molecule has 6 heteroatoms. The Kier molecular flexibility index (Phi) is 4.48. The normalized spacial score (nSPS) is 17.4. The summed E-state index contributed by atoms with van der Waals surface area (Å²) in [7, 11) is 0. The van der Waals surface area contributed by atoms with Gasteiger partial charge in [0.25, 0.3) is 5.91 Å². The van der Waals surface area contributed by atoms with Gasteiger partial charge in [-0.15, -0.1) is 0 Å². The third-order valence-corrected chi connectivity index (χ3v) is 4.89. The topological polar surface area (TPSA) is 67.6 Å². The van der Waals surface area contributed by atoms with E-state index in [9.17, 15) is 9.59 Å². The number of fused-ring (bicyclic) bond motifs is 1. The van der Waals surface area contributed by atoms with Crippen molar-refractivity contribution in [2.24, 2.45) is 5.92 Å². The number of amides is 1. The maximum atomic E-state index is 12.9. The molecule has 132 valence electrons. The Morgan fingerprint density at radius 2 is 2.00 bits per heavy atom. The van der Waals surface area contributed by atoms with E-state index in [0.29, 0.717) is 30.7 Å². The molecule has 26 heavy (non-hydrogen) atoms. The highest BCUT2D eigenvalue weighted by atomic mass is 16.2. The van der Waals surface area contributed by atoms with Crippen LogP contribution in [0.3, 0.4) is 0 Å². The molecule has 6 nitrogen and oxygen atoms in total. The number of ketones is 1. The fourth-order valence-electron chi connectivity index (χ4n) is 3.51. The van der Waals surface area contributed by atoms with Gasteiger partial charge in [-0.3, -0.25) is 9.59 Å². The number of Topliss-reactive ketones (excluding diaryl/α,β-unsaturated/α-hetero) is 1. The lowest BCUT2D eigenvalue weighted by molar-refractivity contribution is -0.123. The number of benzene rings is 1. The van der Waals surface area contributed by atoms with Gasteiger partial charge in [0.05, 0.1) is 6.20 Å². The molecule has 3 aromatic rings. The smallest absolute Gasteiger partial charge is 0.259 e. The molecule has 1 amide bonds. The van der Waals surface area contributed by atoms with Crippen molar-refractivity contribution in [3.05, 3.63) is 66.1 Å². The molecular weight excluding hydrogens is 328 g/mol. The number of hydrogen-bond acceptors (Lipinski definition) is 4. The molecule has 3 heterocycles. The molecule has 1 saturated heterocycles. The van der Waals surface area contributed by atoms with Crippen molar-refractivity contribution >= 4 is 17.3 Å². The minimum atomic E-state index is -0.109. The van der Waals surface area contributed by atoms with Crippen molar-refractivity contribution < 1.29 is 9.59 Å². The predicted octanol–water partition coefficient (Wildman–Crippen LogP) is 2.39. The summed E-state index contributed by atoms with van der Waals surface area (Å²) in [5, 5.41) is 4.18. The van der Waals surface area contributed by atoms with E-state index in [-0.39, 0.29) is 17.6 Å². The molecule has 0 aliphatic carbocycles. The van der Waals surface area contributed by atoms with Crippen LogP contribution in [-0.2, 0) is 11.2 Å². The van der Waals surface area contributed by atoms with Gasteiger partial charge in [-0.05, 0) is 24.5 Å². The number of rotatable bonds is 4. The van der Waals surface area contributed by atoms with E-state index in [4.69, 9.17) is 0 Å². The van der Waals surface area contributed by atoms with Gasteiger partial charge in [-0.1, -0.05) is 30.3 Å². The van der Waals surface area contributed by atoms with Crippen LogP contribution in [0.1, 0.15) is 28.8 Å². The number of aromatic nitrogens is 3. The number of likely N-dealkylation sites (tertiary alicyclic amines) is 1. The zero-order chi connectivity index (χ0) is 17.9. The quantitative estimate of drug-likeness (QED) is 0.726. The summed E-state index contributed by atoms with van der Waals surface area (Å²) in [4.78, 5) is 31.6. The minimum Gasteiger partial charge on any atom is -0.338 e. The Labute approximate surface area is 151 Å². The molecular formula is C20H20N4O2. The van der Waals surface area contributed by atoms with Gasteiger partial charge < -0.3 is 4.90 Å². The van der Waals surface area contributed by atoms with Gasteiger partial charge in [0.15, 0.2) is 5.65 Å². The largest absolute Gasteiger partial charge is 0.338 e. The lowest BCUT2D eigenvalue weighted by atomic mass is 9.90. The average Bonchev–Trinajstić information content (AvgIpc) is 3.12. The summed E-state index contributed by atoms with van der Waals surface area (Å²) in [6.07, 6.45) is 7.07. The molecule has 0 bridgehead atoms. The van der Waals surface area contributed by atoms with Crippen LogP contribution in [-0.4, -0.2) is 44.3 Å². The lowest BCUT2D eigenvalue weighted by Crippen LogP contribution is -2.42. The first-order chi connectivity index (χ1) is 12.7. The van der Waals surface area contributed by atoms with Crippen LogP contribution in [0.2, 0.25) is 0 Å². The maximum Gasteiger partial charge on any atom is 0.259 e. The number of carbonyl (C=O) groups excluding carboxylic acids is 2. The molecule has 1 aliphatic rings. The van der Waals surface area contributed by atoms with Crippen LogP contribution < -0.4 is 0 Å². The Morgan fingerprint density at radius 1 is 1.15 bits per heavy atom. The molecule has 1 atom stereocenters. The number of nitrogens with zero attached hydrogens (tertiary/aromatic N) is 4. The summed E-state index contributed by atoms with van der Waals surface area (Å²) in [5.74, 6) is -0.00898. The van der Waals surface area contributed by atoms with E-state index in [1.807, 2.05) is 30.3 Å². The second-order valence-electron chi connectivity index (χ2n) is 6.67. The van der Waals surface area contributed by atoms with E-state index in [2.05, 4.69) is 10.1 Å². The van der Waals surface area contributed by atoms with Crippen LogP contribution in [0.5, 0.6) is 0 Å². The molecule has 4 rings (SSSR count). The lowest BCUT2D eigenvalue weighted by Gasteiger charge is -2.31. The Morgan fingerprint density at radius 3 is 2.85 bits per heavy atom. The second-order valence-corrected chi connectivity index (χ2v) is 6.67. The maximum absolute atomic E-state index is 12.9. The molecule has 0 spiro atoms. The molecule has 2 aromatic heterocycles. The van der Waals surface area contributed by atoms with Crippen molar-refractivity contribution in [3.63, 3.8) is 0 Å². The molecule has 0 radical (unpaired) electrons. The summed E-state index contributed by atoms with van der Waals surface area (Å²) in [6, 6.07) is 11.5. The number of carbonyl (C=O) groups is 2. The first kappa shape index (κ1) is 16.4. The van der Waals surface area contributed by atoms with E-state index in [0.717, 1.165) is 18.4 Å². The van der Waals surface area contributed by atoms with E-state index >= 15 is 0 Å². The molecule has 1 aliphatic heterocycles. The van der Waals surface area contributed by atoms with Crippen molar-refractivity contribution in [3.8, 4) is 0 Å². The highest BCUT2D eigenvalue weighted by Gasteiger charge is 2.30. The van der Waals surface area contributed by atoms with Gasteiger partial charge in [0.1, 0.15) is 11.3 Å². The van der Waals surface area contributed by atoms with Crippen molar-refractivity contribution in [1.82, 2.24) is 19.5 Å². The van der Waals surface area contributed by atoms with Crippen LogP contribution in [0.4, 0.5) is 0 Å². The third kappa shape index (κ3) is 3.22. The van der Waals surface area contributed by atoms with Crippen molar-refractivity contribution in [2.45, 2.75) is 19.3 Å². The zero-order valence-corrected chi connectivity index (χ0v) is 14.4. The summed E-state index contributed by atoms with van der Waals surface area (Å²) in [6.45, 7) is 1.13.